The number of anilines is 1. The number of benzene rings is 1. The van der Waals surface area contributed by atoms with E-state index in [1.807, 2.05) is 18.2 Å². The highest BCUT2D eigenvalue weighted by atomic mass is 35.5. The van der Waals surface area contributed by atoms with Crippen molar-refractivity contribution in [2.24, 2.45) is 11.7 Å². The standard InChI is InChI=1S/C24H29ClN6O2/c1-14(16-5-4-8-31(13-16)23(26)32)30-21-18-9-15(6-7-20(18)27-12-19(21)25)17-10-28-22(29-11-17)24(2,3)33/h6-7,9-12,14,16,33H,4-5,8,13H2,1-3H3,(H2,26,32)(H,27,30). The minimum Gasteiger partial charge on any atom is -0.382 e. The lowest BCUT2D eigenvalue weighted by atomic mass is 9.91. The molecule has 0 aliphatic carbocycles. The van der Waals surface area contributed by atoms with Crippen LogP contribution in [-0.2, 0) is 5.60 Å². The average Bonchev–Trinajstić information content (AvgIpc) is 2.80. The van der Waals surface area contributed by atoms with Gasteiger partial charge in [-0.15, -0.1) is 0 Å². The Kier molecular flexibility index (Phi) is 6.41. The first-order chi connectivity index (χ1) is 15.6. The number of aromatic nitrogens is 3. The van der Waals surface area contributed by atoms with Crippen LogP contribution in [0.25, 0.3) is 22.0 Å². The number of piperidine rings is 1. The van der Waals surface area contributed by atoms with Crippen molar-refractivity contribution in [2.75, 3.05) is 18.4 Å². The number of carbonyl (C=O) groups excluding carboxylic acids is 1. The fourth-order valence-electron chi connectivity index (χ4n) is 4.25. The number of rotatable bonds is 5. The summed E-state index contributed by atoms with van der Waals surface area (Å²) in [5, 5.41) is 15.1. The zero-order valence-electron chi connectivity index (χ0n) is 19.0. The Morgan fingerprint density at radius 2 is 1.97 bits per heavy atom. The SMILES string of the molecule is CC(Nc1c(Cl)cnc2ccc(-c3cnc(C(C)(C)O)nc3)cc12)C1CCCN(C(N)=O)C1. The predicted octanol–water partition coefficient (Wildman–Crippen LogP) is 4.16. The van der Waals surface area contributed by atoms with Gasteiger partial charge in [0.2, 0.25) is 0 Å². The molecule has 1 aliphatic rings. The van der Waals surface area contributed by atoms with Gasteiger partial charge in [-0.1, -0.05) is 17.7 Å². The molecule has 0 radical (unpaired) electrons. The molecule has 174 valence electrons. The Balaban J connectivity index is 1.64. The lowest BCUT2D eigenvalue weighted by molar-refractivity contribution is 0.0687. The smallest absolute Gasteiger partial charge is 0.314 e. The highest BCUT2D eigenvalue weighted by Crippen LogP contribution is 2.34. The molecule has 4 rings (SSSR count). The van der Waals surface area contributed by atoms with E-state index in [9.17, 15) is 9.90 Å². The lowest BCUT2D eigenvalue weighted by Gasteiger charge is -2.35. The van der Waals surface area contributed by atoms with Crippen LogP contribution in [0.1, 0.15) is 39.4 Å². The van der Waals surface area contributed by atoms with Gasteiger partial charge in [0.25, 0.3) is 0 Å². The molecule has 1 fully saturated rings. The van der Waals surface area contributed by atoms with E-state index in [1.165, 1.54) is 0 Å². The third kappa shape index (κ3) is 5.02. The maximum absolute atomic E-state index is 11.6. The van der Waals surface area contributed by atoms with E-state index in [1.54, 1.807) is 37.3 Å². The van der Waals surface area contributed by atoms with Crippen LogP contribution in [0.15, 0.2) is 36.8 Å². The second-order valence-corrected chi connectivity index (χ2v) is 9.59. The first-order valence-corrected chi connectivity index (χ1v) is 11.5. The van der Waals surface area contributed by atoms with E-state index in [4.69, 9.17) is 17.3 Å². The number of fused-ring (bicyclic) bond motifs is 1. The summed E-state index contributed by atoms with van der Waals surface area (Å²) in [6.45, 7) is 6.74. The number of primary amides is 1. The molecule has 3 heterocycles. The second-order valence-electron chi connectivity index (χ2n) is 9.19. The fraction of sp³-hybridized carbons (Fsp3) is 0.417. The van der Waals surface area contributed by atoms with Gasteiger partial charge in [-0.2, -0.15) is 0 Å². The Hall–Kier alpha value is -2.97. The summed E-state index contributed by atoms with van der Waals surface area (Å²) in [6.07, 6.45) is 6.99. The van der Waals surface area contributed by atoms with E-state index in [-0.39, 0.29) is 18.0 Å². The molecule has 0 spiro atoms. The van der Waals surface area contributed by atoms with E-state index in [0.717, 1.165) is 40.6 Å². The van der Waals surface area contributed by atoms with Gasteiger partial charge in [0.1, 0.15) is 5.60 Å². The maximum Gasteiger partial charge on any atom is 0.314 e. The molecule has 3 aromatic rings. The summed E-state index contributed by atoms with van der Waals surface area (Å²) in [4.78, 5) is 26.4. The Bertz CT molecular complexity index is 1160. The van der Waals surface area contributed by atoms with Crippen LogP contribution in [0.2, 0.25) is 5.02 Å². The summed E-state index contributed by atoms with van der Waals surface area (Å²) in [6, 6.07) is 5.62. The highest BCUT2D eigenvalue weighted by Gasteiger charge is 2.27. The molecule has 1 aromatic carbocycles. The topological polar surface area (TPSA) is 117 Å². The molecule has 2 unspecified atom stereocenters. The van der Waals surface area contributed by atoms with Gasteiger partial charge in [0.05, 0.1) is 16.2 Å². The van der Waals surface area contributed by atoms with E-state index >= 15 is 0 Å². The summed E-state index contributed by atoms with van der Waals surface area (Å²) >= 11 is 6.57. The van der Waals surface area contributed by atoms with E-state index < -0.39 is 5.60 Å². The van der Waals surface area contributed by atoms with Crippen molar-refractivity contribution in [1.82, 2.24) is 19.9 Å². The monoisotopic (exact) mass is 468 g/mol. The molecular weight excluding hydrogens is 440 g/mol. The van der Waals surface area contributed by atoms with Gasteiger partial charge < -0.3 is 21.1 Å². The Morgan fingerprint density at radius 1 is 1.24 bits per heavy atom. The molecule has 2 aromatic heterocycles. The zero-order chi connectivity index (χ0) is 23.8. The summed E-state index contributed by atoms with van der Waals surface area (Å²) in [7, 11) is 0. The van der Waals surface area contributed by atoms with Crippen molar-refractivity contribution < 1.29 is 9.90 Å². The van der Waals surface area contributed by atoms with Crippen LogP contribution in [0.4, 0.5) is 10.5 Å². The number of likely N-dealkylation sites (tertiary alicyclic amines) is 1. The third-order valence-corrected chi connectivity index (χ3v) is 6.49. The fourth-order valence-corrected chi connectivity index (χ4v) is 4.46. The molecule has 2 amide bonds. The first-order valence-electron chi connectivity index (χ1n) is 11.1. The Labute approximate surface area is 198 Å². The summed E-state index contributed by atoms with van der Waals surface area (Å²) in [5.74, 6) is 0.627. The van der Waals surface area contributed by atoms with Crippen molar-refractivity contribution in [3.05, 3.63) is 47.6 Å². The van der Waals surface area contributed by atoms with Crippen molar-refractivity contribution >= 4 is 34.2 Å². The van der Waals surface area contributed by atoms with Gasteiger partial charge in [-0.05, 0) is 57.2 Å². The van der Waals surface area contributed by atoms with Crippen LogP contribution >= 0.6 is 11.6 Å². The van der Waals surface area contributed by atoms with Crippen molar-refractivity contribution in [1.29, 1.82) is 0 Å². The van der Waals surface area contributed by atoms with Crippen LogP contribution < -0.4 is 11.1 Å². The zero-order valence-corrected chi connectivity index (χ0v) is 19.8. The largest absolute Gasteiger partial charge is 0.382 e. The number of pyridine rings is 1. The molecule has 4 N–H and O–H groups in total. The van der Waals surface area contributed by atoms with Crippen LogP contribution in [0, 0.1) is 5.92 Å². The molecule has 8 nitrogen and oxygen atoms in total. The normalized spacial score (nSPS) is 17.7. The van der Waals surface area contributed by atoms with Gasteiger partial charge in [-0.3, -0.25) is 4.98 Å². The van der Waals surface area contributed by atoms with Gasteiger partial charge in [-0.25, -0.2) is 14.8 Å². The van der Waals surface area contributed by atoms with E-state index in [0.29, 0.717) is 23.9 Å². The minimum absolute atomic E-state index is 0.0771. The number of carbonyl (C=O) groups is 1. The predicted molar refractivity (Wildman–Crippen MR) is 130 cm³/mol. The number of aliphatic hydroxyl groups is 1. The number of urea groups is 1. The molecule has 9 heteroatoms. The maximum atomic E-state index is 11.6. The Morgan fingerprint density at radius 3 is 2.64 bits per heavy atom. The number of nitrogens with two attached hydrogens (primary N) is 1. The van der Waals surface area contributed by atoms with Crippen molar-refractivity contribution in [3.63, 3.8) is 0 Å². The lowest BCUT2D eigenvalue weighted by Crippen LogP contribution is -2.46. The number of amides is 2. The summed E-state index contributed by atoms with van der Waals surface area (Å²) < 4.78 is 0. The van der Waals surface area contributed by atoms with Crippen molar-refractivity contribution in [3.8, 4) is 11.1 Å². The third-order valence-electron chi connectivity index (χ3n) is 6.20. The highest BCUT2D eigenvalue weighted by molar-refractivity contribution is 6.34. The van der Waals surface area contributed by atoms with Crippen molar-refractivity contribution in [2.45, 2.75) is 45.3 Å². The van der Waals surface area contributed by atoms with Crippen LogP contribution in [0.5, 0.6) is 0 Å². The van der Waals surface area contributed by atoms with Crippen LogP contribution in [-0.4, -0.2) is 50.1 Å². The summed E-state index contributed by atoms with van der Waals surface area (Å²) in [5.41, 5.74) is 7.76. The molecule has 33 heavy (non-hydrogen) atoms. The molecule has 2 atom stereocenters. The first kappa shape index (κ1) is 23.2. The van der Waals surface area contributed by atoms with Gasteiger partial charge >= 0.3 is 6.03 Å². The molecular formula is C24H29ClN6O2. The number of hydrogen-bond donors (Lipinski definition) is 3. The molecule has 1 aliphatic heterocycles. The number of nitrogens with zero attached hydrogens (tertiary/aromatic N) is 4. The van der Waals surface area contributed by atoms with Gasteiger partial charge in [0.15, 0.2) is 5.82 Å². The quantitative estimate of drug-likeness (QED) is 0.517. The number of hydrogen-bond acceptors (Lipinski definition) is 6. The van der Waals surface area contributed by atoms with E-state index in [2.05, 4.69) is 27.2 Å². The number of nitrogens with one attached hydrogen (secondary N) is 1. The number of halogens is 1. The average molecular weight is 469 g/mol. The molecule has 1 saturated heterocycles. The molecule has 0 bridgehead atoms. The van der Waals surface area contributed by atoms with Gasteiger partial charge in [0, 0.05) is 48.7 Å². The van der Waals surface area contributed by atoms with Crippen LogP contribution in [0.3, 0.4) is 0 Å². The minimum atomic E-state index is -1.10. The molecule has 0 saturated carbocycles. The second kappa shape index (κ2) is 9.11.